The Morgan fingerprint density at radius 3 is 2.81 bits per heavy atom. The molecule has 0 atom stereocenters. The van der Waals surface area contributed by atoms with Crippen molar-refractivity contribution in [2.24, 2.45) is 0 Å². The smallest absolute Gasteiger partial charge is 0.180 e. The van der Waals surface area contributed by atoms with Crippen LogP contribution in [0.5, 0.6) is 0 Å². The average molecular weight is 230 g/mol. The summed E-state index contributed by atoms with van der Waals surface area (Å²) >= 11 is 1.33. The molecule has 0 fully saturated rings. The maximum atomic E-state index is 8.90. The summed E-state index contributed by atoms with van der Waals surface area (Å²) in [6.07, 6.45) is 1.45. The Bertz CT molecular complexity index is 596. The Kier molecular flexibility index (Phi) is 2.54. The molecule has 0 spiro atoms. The third kappa shape index (κ3) is 1.72. The first-order valence-corrected chi connectivity index (χ1v) is 5.17. The third-order valence-electron chi connectivity index (χ3n) is 1.95. The van der Waals surface area contributed by atoms with E-state index in [1.807, 2.05) is 17.5 Å². The average Bonchev–Trinajstić information content (AvgIpc) is 2.85. The molecule has 0 aliphatic carbocycles. The Morgan fingerprint density at radius 1 is 1.44 bits per heavy atom. The number of nitrogen functional groups attached to an aromatic ring is 1. The van der Waals surface area contributed by atoms with Gasteiger partial charge in [-0.3, -0.25) is 0 Å². The van der Waals surface area contributed by atoms with Crippen LogP contribution < -0.4 is 5.73 Å². The number of aromatic nitrogens is 3. The van der Waals surface area contributed by atoms with Gasteiger partial charge in [-0.1, -0.05) is 0 Å². The van der Waals surface area contributed by atoms with Crippen LogP contribution in [0, 0.1) is 22.7 Å². The predicted molar refractivity (Wildman–Crippen MR) is 57.3 cm³/mol. The molecule has 0 bridgehead atoms. The highest BCUT2D eigenvalue weighted by molar-refractivity contribution is 7.13. The SMILES string of the molecule is N#Cc1ncn(Cc2csc(N)n2)c1C#N. The van der Waals surface area contributed by atoms with Crippen LogP contribution in [0.4, 0.5) is 5.13 Å². The van der Waals surface area contributed by atoms with Crippen LogP contribution in [0.25, 0.3) is 0 Å². The number of thiazole rings is 1. The molecule has 0 aromatic carbocycles. The zero-order valence-corrected chi connectivity index (χ0v) is 8.90. The number of nitrogens with zero attached hydrogens (tertiary/aromatic N) is 5. The summed E-state index contributed by atoms with van der Waals surface area (Å²) in [7, 11) is 0. The second-order valence-electron chi connectivity index (χ2n) is 2.97. The number of imidazole rings is 1. The number of hydrogen-bond acceptors (Lipinski definition) is 6. The topological polar surface area (TPSA) is 104 Å². The largest absolute Gasteiger partial charge is 0.375 e. The number of nitrogens with two attached hydrogens (primary N) is 1. The summed E-state index contributed by atoms with van der Waals surface area (Å²) in [5.41, 5.74) is 6.62. The van der Waals surface area contributed by atoms with E-state index >= 15 is 0 Å². The zero-order valence-electron chi connectivity index (χ0n) is 8.08. The lowest BCUT2D eigenvalue weighted by molar-refractivity contribution is 0.769. The van der Waals surface area contributed by atoms with Crippen molar-refractivity contribution in [1.29, 1.82) is 10.5 Å². The molecular weight excluding hydrogens is 224 g/mol. The van der Waals surface area contributed by atoms with Gasteiger partial charge in [-0.15, -0.1) is 11.3 Å². The van der Waals surface area contributed by atoms with E-state index in [0.717, 1.165) is 5.69 Å². The van der Waals surface area contributed by atoms with Crippen LogP contribution in [-0.2, 0) is 6.54 Å². The zero-order chi connectivity index (χ0) is 11.5. The van der Waals surface area contributed by atoms with Gasteiger partial charge >= 0.3 is 0 Å². The molecule has 0 radical (unpaired) electrons. The Morgan fingerprint density at radius 2 is 2.25 bits per heavy atom. The van der Waals surface area contributed by atoms with Gasteiger partial charge in [0.05, 0.1) is 18.6 Å². The molecular formula is C9H6N6S. The summed E-state index contributed by atoms with van der Waals surface area (Å²) in [6.45, 7) is 0.394. The van der Waals surface area contributed by atoms with Crippen LogP contribution in [0.15, 0.2) is 11.7 Å². The van der Waals surface area contributed by atoms with E-state index in [1.165, 1.54) is 17.7 Å². The minimum atomic E-state index is 0.130. The minimum absolute atomic E-state index is 0.130. The highest BCUT2D eigenvalue weighted by atomic mass is 32.1. The molecule has 0 aliphatic rings. The Hall–Kier alpha value is -2.38. The van der Waals surface area contributed by atoms with Crippen LogP contribution >= 0.6 is 11.3 Å². The molecule has 2 aromatic heterocycles. The summed E-state index contributed by atoms with van der Waals surface area (Å²) in [5, 5.41) is 19.9. The molecule has 0 aliphatic heterocycles. The first-order valence-electron chi connectivity index (χ1n) is 4.29. The van der Waals surface area contributed by atoms with Crippen LogP contribution in [0.2, 0.25) is 0 Å². The van der Waals surface area contributed by atoms with Crippen molar-refractivity contribution in [2.45, 2.75) is 6.54 Å². The van der Waals surface area contributed by atoms with Gasteiger partial charge in [0.15, 0.2) is 16.5 Å². The molecule has 0 saturated carbocycles. The summed E-state index contributed by atoms with van der Waals surface area (Å²) in [5.74, 6) is 0. The van der Waals surface area contributed by atoms with E-state index in [0.29, 0.717) is 11.7 Å². The fraction of sp³-hybridized carbons (Fsp3) is 0.111. The number of nitriles is 2. The van der Waals surface area contributed by atoms with E-state index in [4.69, 9.17) is 16.3 Å². The molecule has 2 heterocycles. The molecule has 6 nitrogen and oxygen atoms in total. The molecule has 0 amide bonds. The lowest BCUT2D eigenvalue weighted by atomic mass is 10.3. The standard InChI is InChI=1S/C9H6N6S/c10-1-7-8(2-11)15(5-13-7)3-6-4-16-9(12)14-6/h4-5H,3H2,(H2,12,14). The Labute approximate surface area is 95.2 Å². The van der Waals surface area contributed by atoms with Gasteiger partial charge in [0.25, 0.3) is 0 Å². The van der Waals surface area contributed by atoms with E-state index in [9.17, 15) is 0 Å². The monoisotopic (exact) mass is 230 g/mol. The van der Waals surface area contributed by atoms with Crippen LogP contribution in [0.3, 0.4) is 0 Å². The summed E-state index contributed by atoms with van der Waals surface area (Å²) in [4.78, 5) is 7.90. The quantitative estimate of drug-likeness (QED) is 0.818. The normalized spacial score (nSPS) is 9.62. The van der Waals surface area contributed by atoms with Gasteiger partial charge in [-0.2, -0.15) is 10.5 Å². The van der Waals surface area contributed by atoms with Crippen molar-refractivity contribution in [1.82, 2.24) is 14.5 Å². The minimum Gasteiger partial charge on any atom is -0.375 e. The second-order valence-corrected chi connectivity index (χ2v) is 3.86. The highest BCUT2D eigenvalue weighted by Crippen LogP contribution is 2.14. The maximum Gasteiger partial charge on any atom is 0.180 e. The maximum absolute atomic E-state index is 8.90. The summed E-state index contributed by atoms with van der Waals surface area (Å²) in [6, 6.07) is 3.81. The van der Waals surface area contributed by atoms with Crippen molar-refractivity contribution in [3.8, 4) is 12.1 Å². The second kappa shape index (κ2) is 4.01. The van der Waals surface area contributed by atoms with E-state index in [-0.39, 0.29) is 11.4 Å². The van der Waals surface area contributed by atoms with Gasteiger partial charge in [0.1, 0.15) is 12.1 Å². The van der Waals surface area contributed by atoms with Crippen molar-refractivity contribution in [3.05, 3.63) is 28.8 Å². The molecule has 16 heavy (non-hydrogen) atoms. The van der Waals surface area contributed by atoms with Gasteiger partial charge in [0, 0.05) is 5.38 Å². The highest BCUT2D eigenvalue weighted by Gasteiger charge is 2.11. The van der Waals surface area contributed by atoms with Crippen molar-refractivity contribution in [2.75, 3.05) is 5.73 Å². The molecule has 7 heteroatoms. The number of rotatable bonds is 2. The number of hydrogen-bond donors (Lipinski definition) is 1. The third-order valence-corrected chi connectivity index (χ3v) is 2.67. The van der Waals surface area contributed by atoms with Crippen LogP contribution in [-0.4, -0.2) is 14.5 Å². The molecule has 0 unspecified atom stereocenters. The van der Waals surface area contributed by atoms with Crippen LogP contribution in [0.1, 0.15) is 17.1 Å². The first kappa shape index (κ1) is 10.1. The Balaban J connectivity index is 2.33. The van der Waals surface area contributed by atoms with E-state index in [1.54, 1.807) is 4.57 Å². The molecule has 78 valence electrons. The van der Waals surface area contributed by atoms with E-state index in [2.05, 4.69) is 9.97 Å². The van der Waals surface area contributed by atoms with Gasteiger partial charge < -0.3 is 10.3 Å². The molecule has 0 saturated heterocycles. The van der Waals surface area contributed by atoms with Gasteiger partial charge in [-0.05, 0) is 0 Å². The summed E-state index contributed by atoms with van der Waals surface area (Å²) < 4.78 is 1.58. The first-order chi connectivity index (χ1) is 7.74. The molecule has 2 aromatic rings. The van der Waals surface area contributed by atoms with Crippen molar-refractivity contribution >= 4 is 16.5 Å². The van der Waals surface area contributed by atoms with E-state index < -0.39 is 0 Å². The van der Waals surface area contributed by atoms with Gasteiger partial charge in [-0.25, -0.2) is 9.97 Å². The predicted octanol–water partition coefficient (Wildman–Crippen LogP) is 0.713. The fourth-order valence-corrected chi connectivity index (χ4v) is 1.82. The lowest BCUT2D eigenvalue weighted by Crippen LogP contribution is -2.02. The van der Waals surface area contributed by atoms with Gasteiger partial charge in [0.2, 0.25) is 0 Å². The molecule has 2 rings (SSSR count). The van der Waals surface area contributed by atoms with Crippen molar-refractivity contribution < 1.29 is 0 Å². The fourth-order valence-electron chi connectivity index (χ4n) is 1.27. The van der Waals surface area contributed by atoms with Crippen molar-refractivity contribution in [3.63, 3.8) is 0 Å². The number of anilines is 1. The molecule has 2 N–H and O–H groups in total. The lowest BCUT2D eigenvalue weighted by Gasteiger charge is -1.99.